The first-order valence-corrected chi connectivity index (χ1v) is 12.0. The summed E-state index contributed by atoms with van der Waals surface area (Å²) in [5.74, 6) is 0.426. The van der Waals surface area contributed by atoms with Crippen molar-refractivity contribution < 1.29 is 13.9 Å². The Bertz CT molecular complexity index is 1470. The van der Waals surface area contributed by atoms with E-state index in [1.54, 1.807) is 29.4 Å². The highest BCUT2D eigenvalue weighted by Crippen LogP contribution is 2.40. The van der Waals surface area contributed by atoms with Crippen LogP contribution in [0, 0.1) is 6.92 Å². The summed E-state index contributed by atoms with van der Waals surface area (Å²) >= 11 is 6.33. The number of hydrogen-bond donors (Lipinski definition) is 0. The number of halogens is 1. The first kappa shape index (κ1) is 23.1. The molecule has 2 aromatic carbocycles. The average molecular weight is 489 g/mol. The Hall–Kier alpha value is -3.64. The van der Waals surface area contributed by atoms with Crippen LogP contribution in [0.4, 0.5) is 0 Å². The largest absolute Gasteiger partial charge is 0.494 e. The maximum Gasteiger partial charge on any atom is 0.291 e. The molecule has 1 unspecified atom stereocenters. The van der Waals surface area contributed by atoms with Crippen LogP contribution in [0.15, 0.2) is 70.1 Å². The van der Waals surface area contributed by atoms with Crippen molar-refractivity contribution >= 4 is 28.5 Å². The van der Waals surface area contributed by atoms with E-state index < -0.39 is 6.04 Å². The average Bonchev–Trinajstić information content (AvgIpc) is 3.13. The van der Waals surface area contributed by atoms with Gasteiger partial charge in [-0.15, -0.1) is 0 Å². The molecule has 0 saturated heterocycles. The monoisotopic (exact) mass is 488 g/mol. The van der Waals surface area contributed by atoms with Crippen LogP contribution in [-0.2, 0) is 6.54 Å². The smallest absolute Gasteiger partial charge is 0.291 e. The van der Waals surface area contributed by atoms with Crippen LogP contribution in [0.2, 0.25) is 5.02 Å². The van der Waals surface area contributed by atoms with E-state index in [2.05, 4.69) is 11.9 Å². The lowest BCUT2D eigenvalue weighted by molar-refractivity contribution is 0.0714. The second-order valence-corrected chi connectivity index (χ2v) is 9.15. The summed E-state index contributed by atoms with van der Waals surface area (Å²) in [6.45, 7) is 4.81. The first-order valence-electron chi connectivity index (χ1n) is 11.7. The van der Waals surface area contributed by atoms with Gasteiger partial charge in [0.2, 0.25) is 5.76 Å². The summed E-state index contributed by atoms with van der Waals surface area (Å²) in [4.78, 5) is 33.2. The van der Waals surface area contributed by atoms with Gasteiger partial charge in [-0.3, -0.25) is 14.6 Å². The van der Waals surface area contributed by atoms with Gasteiger partial charge < -0.3 is 14.1 Å². The third kappa shape index (κ3) is 4.30. The number of carbonyl (C=O) groups excluding carboxylic acids is 1. The van der Waals surface area contributed by atoms with E-state index >= 15 is 0 Å². The minimum absolute atomic E-state index is 0.0652. The molecule has 0 N–H and O–H groups in total. The maximum absolute atomic E-state index is 13.8. The van der Waals surface area contributed by atoms with Gasteiger partial charge in [0.1, 0.15) is 11.3 Å². The Morgan fingerprint density at radius 3 is 2.77 bits per heavy atom. The molecule has 178 valence electrons. The van der Waals surface area contributed by atoms with Crippen LogP contribution < -0.4 is 10.2 Å². The Morgan fingerprint density at radius 2 is 2.00 bits per heavy atom. The van der Waals surface area contributed by atoms with E-state index in [0.717, 1.165) is 29.5 Å². The predicted octanol–water partition coefficient (Wildman–Crippen LogP) is 6.07. The van der Waals surface area contributed by atoms with Crippen LogP contribution in [0.3, 0.4) is 0 Å². The fraction of sp³-hybridized carbons (Fsp3) is 0.250. The van der Waals surface area contributed by atoms with Gasteiger partial charge in [0.15, 0.2) is 5.43 Å². The van der Waals surface area contributed by atoms with Gasteiger partial charge in [0.25, 0.3) is 5.91 Å². The number of pyridine rings is 1. The molecule has 1 aliphatic heterocycles. The summed E-state index contributed by atoms with van der Waals surface area (Å²) < 4.78 is 12.0. The van der Waals surface area contributed by atoms with E-state index in [1.165, 1.54) is 0 Å². The number of aromatic nitrogens is 1. The Kier molecular flexibility index (Phi) is 6.31. The molecule has 2 aromatic heterocycles. The van der Waals surface area contributed by atoms with Crippen molar-refractivity contribution in [2.24, 2.45) is 0 Å². The van der Waals surface area contributed by atoms with Crippen molar-refractivity contribution in [1.29, 1.82) is 0 Å². The Labute approximate surface area is 208 Å². The highest BCUT2D eigenvalue weighted by molar-refractivity contribution is 6.32. The number of hydrogen-bond acceptors (Lipinski definition) is 5. The van der Waals surface area contributed by atoms with E-state index in [4.69, 9.17) is 20.8 Å². The maximum atomic E-state index is 13.8. The van der Waals surface area contributed by atoms with E-state index in [1.807, 2.05) is 43.3 Å². The lowest BCUT2D eigenvalue weighted by atomic mass is 9.98. The van der Waals surface area contributed by atoms with Crippen LogP contribution in [0.1, 0.15) is 58.6 Å². The molecule has 0 saturated carbocycles. The van der Waals surface area contributed by atoms with Gasteiger partial charge in [0, 0.05) is 24.0 Å². The number of carbonyl (C=O) groups is 1. The summed E-state index contributed by atoms with van der Waals surface area (Å²) in [5, 5.41) is 0.833. The first-order chi connectivity index (χ1) is 17.0. The van der Waals surface area contributed by atoms with Crippen molar-refractivity contribution in [3.05, 3.63) is 104 Å². The second kappa shape index (κ2) is 9.55. The van der Waals surface area contributed by atoms with Crippen LogP contribution in [0.25, 0.3) is 11.0 Å². The lowest BCUT2D eigenvalue weighted by Crippen LogP contribution is -2.29. The molecule has 5 rings (SSSR count). The quantitative estimate of drug-likeness (QED) is 0.295. The standard InChI is InChI=1S/C28H25ClN2O4/c1-3-4-11-34-20-9-5-8-19(13-20)25-24-26(32)21-14-22(29)17(2)12-23(21)35-27(24)28(33)31(25)16-18-7-6-10-30-15-18/h5-10,12-15,25H,3-4,11,16H2,1-2H3. The molecule has 3 heterocycles. The fourth-order valence-corrected chi connectivity index (χ4v) is 4.61. The number of benzene rings is 2. The number of amides is 1. The van der Waals surface area contributed by atoms with E-state index in [-0.39, 0.29) is 23.6 Å². The van der Waals surface area contributed by atoms with Gasteiger partial charge >= 0.3 is 0 Å². The molecule has 0 spiro atoms. The Morgan fingerprint density at radius 1 is 1.14 bits per heavy atom. The summed E-state index contributed by atoms with van der Waals surface area (Å²) in [6, 6.07) is 14.0. The summed E-state index contributed by atoms with van der Waals surface area (Å²) in [5.41, 5.74) is 2.81. The molecule has 4 aromatic rings. The van der Waals surface area contributed by atoms with Gasteiger partial charge in [0.05, 0.1) is 23.6 Å². The van der Waals surface area contributed by atoms with Crippen LogP contribution in [0.5, 0.6) is 5.75 Å². The number of nitrogens with zero attached hydrogens (tertiary/aromatic N) is 2. The molecule has 6 nitrogen and oxygen atoms in total. The third-order valence-electron chi connectivity index (χ3n) is 6.26. The minimum Gasteiger partial charge on any atom is -0.494 e. The predicted molar refractivity (Wildman–Crippen MR) is 135 cm³/mol. The molecule has 0 radical (unpaired) electrons. The zero-order valence-electron chi connectivity index (χ0n) is 19.6. The summed E-state index contributed by atoms with van der Waals surface area (Å²) in [6.07, 6.45) is 5.37. The lowest BCUT2D eigenvalue weighted by Gasteiger charge is -2.25. The van der Waals surface area contributed by atoms with Crippen molar-refractivity contribution in [1.82, 2.24) is 9.88 Å². The van der Waals surface area contributed by atoms with Crippen molar-refractivity contribution in [2.75, 3.05) is 6.61 Å². The summed E-state index contributed by atoms with van der Waals surface area (Å²) in [7, 11) is 0. The van der Waals surface area contributed by atoms with Gasteiger partial charge in [-0.1, -0.05) is 43.1 Å². The topological polar surface area (TPSA) is 72.6 Å². The molecule has 0 fully saturated rings. The van der Waals surface area contributed by atoms with Crippen LogP contribution in [-0.4, -0.2) is 22.4 Å². The van der Waals surface area contributed by atoms with Crippen molar-refractivity contribution in [2.45, 2.75) is 39.3 Å². The SMILES string of the molecule is CCCCOc1cccc(C2c3c(oc4cc(C)c(Cl)cc4c3=O)C(=O)N2Cc2cccnc2)c1. The third-order valence-corrected chi connectivity index (χ3v) is 6.67. The molecule has 1 amide bonds. The van der Waals surface area contributed by atoms with Gasteiger partial charge in [-0.25, -0.2) is 0 Å². The molecule has 1 aliphatic rings. The van der Waals surface area contributed by atoms with Gasteiger partial charge in [-0.2, -0.15) is 0 Å². The van der Waals surface area contributed by atoms with E-state index in [9.17, 15) is 9.59 Å². The zero-order chi connectivity index (χ0) is 24.5. The van der Waals surface area contributed by atoms with Gasteiger partial charge in [-0.05, 0) is 60.4 Å². The van der Waals surface area contributed by atoms with E-state index in [0.29, 0.717) is 33.9 Å². The fourth-order valence-electron chi connectivity index (χ4n) is 4.45. The van der Waals surface area contributed by atoms with Crippen molar-refractivity contribution in [3.8, 4) is 5.75 Å². The Balaban J connectivity index is 1.67. The molecule has 0 aliphatic carbocycles. The molecule has 7 heteroatoms. The molecule has 0 bridgehead atoms. The highest BCUT2D eigenvalue weighted by atomic mass is 35.5. The normalized spacial score (nSPS) is 15.0. The van der Waals surface area contributed by atoms with Crippen LogP contribution >= 0.6 is 11.6 Å². The molecule has 35 heavy (non-hydrogen) atoms. The number of fused-ring (bicyclic) bond motifs is 2. The number of rotatable bonds is 7. The second-order valence-electron chi connectivity index (χ2n) is 8.74. The number of aryl methyl sites for hydroxylation is 1. The molecular formula is C28H25ClN2O4. The highest BCUT2D eigenvalue weighted by Gasteiger charge is 2.43. The number of unbranched alkanes of at least 4 members (excludes halogenated alkanes) is 1. The van der Waals surface area contributed by atoms with Crippen molar-refractivity contribution in [3.63, 3.8) is 0 Å². The number of ether oxygens (including phenoxy) is 1. The zero-order valence-corrected chi connectivity index (χ0v) is 20.3. The molecular weight excluding hydrogens is 464 g/mol. The minimum atomic E-state index is -0.631. The molecule has 1 atom stereocenters.